The van der Waals surface area contributed by atoms with Crippen molar-refractivity contribution in [1.29, 1.82) is 0 Å². The Morgan fingerprint density at radius 2 is 1.73 bits per heavy atom. The minimum absolute atomic E-state index is 0.211. The van der Waals surface area contributed by atoms with Crippen LogP contribution in [0.3, 0.4) is 0 Å². The van der Waals surface area contributed by atoms with Gasteiger partial charge in [0.1, 0.15) is 12.2 Å². The SMILES string of the molecule is C=C[C@@]1(C)[C@@H](OC(=O)/C(C)=C/C)[C@H]2OC(=O)C(=C)[C@H]2[C@H]2OC(=O)C(=C)[C@@H]21. The van der Waals surface area contributed by atoms with E-state index in [4.69, 9.17) is 14.2 Å². The molecular formula is C20H22O6. The Hall–Kier alpha value is -2.63. The topological polar surface area (TPSA) is 78.9 Å². The first-order chi connectivity index (χ1) is 12.2. The molecule has 2 saturated heterocycles. The van der Waals surface area contributed by atoms with Crippen LogP contribution in [0, 0.1) is 17.3 Å². The number of fused-ring (bicyclic) bond motifs is 3. The maximum Gasteiger partial charge on any atom is 0.334 e. The van der Waals surface area contributed by atoms with Crippen LogP contribution in [-0.2, 0) is 28.6 Å². The van der Waals surface area contributed by atoms with Gasteiger partial charge in [-0.25, -0.2) is 14.4 Å². The molecule has 0 aromatic carbocycles. The zero-order valence-electron chi connectivity index (χ0n) is 15.1. The number of hydrogen-bond donors (Lipinski definition) is 0. The van der Waals surface area contributed by atoms with E-state index in [0.29, 0.717) is 5.57 Å². The Labute approximate surface area is 152 Å². The number of hydrogen-bond acceptors (Lipinski definition) is 6. The van der Waals surface area contributed by atoms with Crippen LogP contribution in [0.1, 0.15) is 20.8 Å². The van der Waals surface area contributed by atoms with Crippen molar-refractivity contribution in [3.05, 3.63) is 48.6 Å². The lowest BCUT2D eigenvalue weighted by Gasteiger charge is -2.49. The predicted octanol–water partition coefficient (Wildman–Crippen LogP) is 2.27. The van der Waals surface area contributed by atoms with Gasteiger partial charge < -0.3 is 14.2 Å². The van der Waals surface area contributed by atoms with Gasteiger partial charge in [-0.1, -0.05) is 32.2 Å². The molecule has 0 radical (unpaired) electrons. The number of carbonyl (C=O) groups is 3. The number of allylic oxidation sites excluding steroid dienone is 1. The lowest BCUT2D eigenvalue weighted by Crippen LogP contribution is -2.59. The highest BCUT2D eigenvalue weighted by atomic mass is 16.6. The Morgan fingerprint density at radius 1 is 1.15 bits per heavy atom. The van der Waals surface area contributed by atoms with Gasteiger partial charge in [0, 0.05) is 28.1 Å². The first-order valence-electron chi connectivity index (χ1n) is 8.44. The fraction of sp³-hybridized carbons (Fsp3) is 0.450. The standard InChI is InChI=1S/C20H22O6/c1-7-9(3)17(21)26-16-15-12(10(4)18(22)25-15)14-13(20(16,6)8-2)11(5)19(23)24-14/h7-8,12-16H,2,4-5H2,1,3,6H3/b9-7+/t12-,13-,14+,15-,16-,20+/m0/s1. The molecule has 0 aromatic heterocycles. The predicted molar refractivity (Wildman–Crippen MR) is 92.6 cm³/mol. The average molecular weight is 358 g/mol. The summed E-state index contributed by atoms with van der Waals surface area (Å²) in [6, 6.07) is 0. The Balaban J connectivity index is 2.11. The Bertz CT molecular complexity index is 775. The molecule has 138 valence electrons. The lowest BCUT2D eigenvalue weighted by molar-refractivity contribution is -0.188. The summed E-state index contributed by atoms with van der Waals surface area (Å²) in [6.07, 6.45) is 0.956. The molecule has 3 rings (SSSR count). The molecule has 1 aliphatic carbocycles. The van der Waals surface area contributed by atoms with Crippen LogP contribution >= 0.6 is 0 Å². The van der Waals surface area contributed by atoms with Crippen LogP contribution in [-0.4, -0.2) is 36.2 Å². The number of carbonyl (C=O) groups excluding carboxylic acids is 3. The van der Waals surface area contributed by atoms with Crippen molar-refractivity contribution < 1.29 is 28.6 Å². The normalized spacial score (nSPS) is 39.0. The second kappa shape index (κ2) is 5.97. The summed E-state index contributed by atoms with van der Waals surface area (Å²) in [5.74, 6) is -2.72. The highest BCUT2D eigenvalue weighted by Crippen LogP contribution is 2.57. The number of rotatable bonds is 3. The summed E-state index contributed by atoms with van der Waals surface area (Å²) < 4.78 is 16.7. The third-order valence-electron chi connectivity index (χ3n) is 5.84. The van der Waals surface area contributed by atoms with E-state index in [0.717, 1.165) is 0 Å². The summed E-state index contributed by atoms with van der Waals surface area (Å²) in [7, 11) is 0. The van der Waals surface area contributed by atoms with Crippen molar-refractivity contribution in [3.8, 4) is 0 Å². The molecule has 0 spiro atoms. The van der Waals surface area contributed by atoms with Gasteiger partial charge in [0.25, 0.3) is 0 Å². The van der Waals surface area contributed by atoms with Gasteiger partial charge in [0.05, 0.1) is 5.92 Å². The summed E-state index contributed by atoms with van der Waals surface area (Å²) in [6.45, 7) is 16.7. The molecule has 6 atom stereocenters. The minimum Gasteiger partial charge on any atom is -0.458 e. The van der Waals surface area contributed by atoms with E-state index in [2.05, 4.69) is 19.7 Å². The van der Waals surface area contributed by atoms with Crippen LogP contribution < -0.4 is 0 Å². The third kappa shape index (κ3) is 2.28. The minimum atomic E-state index is -0.899. The Morgan fingerprint density at radius 3 is 2.31 bits per heavy atom. The second-order valence-corrected chi connectivity index (χ2v) is 7.16. The van der Waals surface area contributed by atoms with Gasteiger partial charge in [-0.15, -0.1) is 6.58 Å². The molecule has 1 saturated carbocycles. The zero-order chi connectivity index (χ0) is 19.4. The molecule has 26 heavy (non-hydrogen) atoms. The molecule has 0 unspecified atom stereocenters. The Kier molecular flexibility index (Phi) is 4.17. The average Bonchev–Trinajstić information content (AvgIpc) is 3.07. The number of esters is 3. The third-order valence-corrected chi connectivity index (χ3v) is 5.84. The molecule has 0 bridgehead atoms. The van der Waals surface area contributed by atoms with Crippen LogP contribution in [0.15, 0.2) is 48.6 Å². The van der Waals surface area contributed by atoms with E-state index in [-0.39, 0.29) is 11.1 Å². The number of ether oxygens (including phenoxy) is 3. The van der Waals surface area contributed by atoms with Crippen molar-refractivity contribution in [2.75, 3.05) is 0 Å². The van der Waals surface area contributed by atoms with Crippen LogP contribution in [0.4, 0.5) is 0 Å². The van der Waals surface area contributed by atoms with E-state index in [1.165, 1.54) is 0 Å². The largest absolute Gasteiger partial charge is 0.458 e. The molecule has 3 aliphatic rings. The molecule has 0 aromatic rings. The quantitative estimate of drug-likeness (QED) is 0.333. The van der Waals surface area contributed by atoms with Gasteiger partial charge in [-0.05, 0) is 13.8 Å². The van der Waals surface area contributed by atoms with E-state index < -0.39 is 53.5 Å². The molecule has 2 heterocycles. The van der Waals surface area contributed by atoms with Crippen molar-refractivity contribution >= 4 is 17.9 Å². The van der Waals surface area contributed by atoms with Crippen molar-refractivity contribution in [1.82, 2.24) is 0 Å². The van der Waals surface area contributed by atoms with E-state index in [1.807, 2.05) is 0 Å². The maximum atomic E-state index is 12.4. The summed E-state index contributed by atoms with van der Waals surface area (Å²) in [5.41, 5.74) is 0.00829. The smallest absolute Gasteiger partial charge is 0.334 e. The van der Waals surface area contributed by atoms with Gasteiger partial charge >= 0.3 is 17.9 Å². The first-order valence-corrected chi connectivity index (χ1v) is 8.44. The second-order valence-electron chi connectivity index (χ2n) is 7.16. The van der Waals surface area contributed by atoms with Crippen molar-refractivity contribution in [2.45, 2.75) is 39.1 Å². The van der Waals surface area contributed by atoms with Crippen LogP contribution in [0.5, 0.6) is 0 Å². The summed E-state index contributed by atoms with van der Waals surface area (Å²) >= 11 is 0. The van der Waals surface area contributed by atoms with Gasteiger partial charge in [-0.3, -0.25) is 0 Å². The fourth-order valence-corrected chi connectivity index (χ4v) is 4.14. The molecule has 2 aliphatic heterocycles. The molecule has 3 fully saturated rings. The lowest BCUT2D eigenvalue weighted by atomic mass is 9.58. The zero-order valence-corrected chi connectivity index (χ0v) is 15.1. The highest BCUT2D eigenvalue weighted by molar-refractivity contribution is 5.94. The van der Waals surface area contributed by atoms with Gasteiger partial charge in [-0.2, -0.15) is 0 Å². The van der Waals surface area contributed by atoms with Gasteiger partial charge in [0.15, 0.2) is 6.10 Å². The summed E-state index contributed by atoms with van der Waals surface area (Å²) in [5, 5.41) is 0. The molecule has 0 amide bonds. The molecule has 6 nitrogen and oxygen atoms in total. The van der Waals surface area contributed by atoms with E-state index in [1.54, 1.807) is 32.9 Å². The molecule has 6 heteroatoms. The maximum absolute atomic E-state index is 12.4. The van der Waals surface area contributed by atoms with Crippen LogP contribution in [0.2, 0.25) is 0 Å². The van der Waals surface area contributed by atoms with Gasteiger partial charge in [0.2, 0.25) is 0 Å². The van der Waals surface area contributed by atoms with Crippen molar-refractivity contribution in [3.63, 3.8) is 0 Å². The summed E-state index contributed by atoms with van der Waals surface area (Å²) in [4.78, 5) is 36.8. The van der Waals surface area contributed by atoms with Crippen LogP contribution in [0.25, 0.3) is 0 Å². The van der Waals surface area contributed by atoms with Crippen molar-refractivity contribution in [2.24, 2.45) is 17.3 Å². The van der Waals surface area contributed by atoms with E-state index >= 15 is 0 Å². The molecule has 0 N–H and O–H groups in total. The highest BCUT2D eigenvalue weighted by Gasteiger charge is 2.67. The fourth-order valence-electron chi connectivity index (χ4n) is 4.14. The molecular weight excluding hydrogens is 336 g/mol. The monoisotopic (exact) mass is 358 g/mol. The first kappa shape index (κ1) is 18.2. The van der Waals surface area contributed by atoms with E-state index in [9.17, 15) is 14.4 Å².